The first-order valence-electron chi connectivity index (χ1n) is 6.32. The molecule has 0 radical (unpaired) electrons. The third-order valence-corrected chi connectivity index (χ3v) is 2.42. The summed E-state index contributed by atoms with van der Waals surface area (Å²) in [5, 5.41) is 8.59. The molecule has 0 aromatic rings. The molecule has 0 aliphatic rings. The first kappa shape index (κ1) is 17.4. The summed E-state index contributed by atoms with van der Waals surface area (Å²) in [5.41, 5.74) is 0.531. The highest BCUT2D eigenvalue weighted by atomic mass is 16.5. The minimum atomic E-state index is -1.02. The fourth-order valence-corrected chi connectivity index (χ4v) is 1.29. The summed E-state index contributed by atoms with van der Waals surface area (Å²) in [6, 6.07) is 0. The van der Waals surface area contributed by atoms with Crippen molar-refractivity contribution in [3.8, 4) is 0 Å². The molecule has 0 aromatic carbocycles. The molecule has 0 amide bonds. The molecule has 1 N–H and O–H groups in total. The summed E-state index contributed by atoms with van der Waals surface area (Å²) in [7, 11) is 0. The summed E-state index contributed by atoms with van der Waals surface area (Å²) in [5.74, 6) is -1.45. The smallest absolute Gasteiger partial charge is 0.333 e. The van der Waals surface area contributed by atoms with E-state index in [0.29, 0.717) is 38.0 Å². The topological polar surface area (TPSA) is 72.8 Å². The maximum absolute atomic E-state index is 11.5. The van der Waals surface area contributed by atoms with Crippen molar-refractivity contribution in [1.82, 2.24) is 0 Å². The maximum Gasteiger partial charge on any atom is 0.333 e. The fourth-order valence-electron chi connectivity index (χ4n) is 1.29. The zero-order chi connectivity index (χ0) is 14.7. The van der Waals surface area contributed by atoms with E-state index >= 15 is 0 Å². The lowest BCUT2D eigenvalue weighted by Crippen LogP contribution is -2.10. The molecule has 0 aromatic heterocycles. The van der Waals surface area contributed by atoms with Crippen LogP contribution in [0.25, 0.3) is 0 Å². The number of ether oxygens (including phenoxy) is 2. The molecule has 19 heavy (non-hydrogen) atoms. The Bertz CT molecular complexity index is 333. The van der Waals surface area contributed by atoms with Crippen LogP contribution >= 0.6 is 0 Å². The lowest BCUT2D eigenvalue weighted by atomic mass is 10.1. The molecule has 0 spiro atoms. The number of hydrogen-bond donors (Lipinski definition) is 1. The Balaban J connectivity index is 3.65. The van der Waals surface area contributed by atoms with Crippen molar-refractivity contribution >= 4 is 11.9 Å². The molecule has 0 rings (SSSR count). The molecule has 0 saturated heterocycles. The fraction of sp³-hybridized carbons (Fsp3) is 0.571. The molecule has 0 heterocycles. The van der Waals surface area contributed by atoms with E-state index < -0.39 is 11.9 Å². The zero-order valence-electron chi connectivity index (χ0n) is 11.4. The van der Waals surface area contributed by atoms with E-state index in [1.54, 1.807) is 0 Å². The second kappa shape index (κ2) is 10.3. The van der Waals surface area contributed by atoms with E-state index in [0.717, 1.165) is 6.42 Å². The van der Waals surface area contributed by atoms with Gasteiger partial charge in [-0.05, 0) is 32.6 Å². The van der Waals surface area contributed by atoms with Crippen molar-refractivity contribution < 1.29 is 24.2 Å². The Morgan fingerprint density at radius 1 is 1.05 bits per heavy atom. The van der Waals surface area contributed by atoms with Gasteiger partial charge in [0.2, 0.25) is 0 Å². The Kier molecular flexibility index (Phi) is 9.44. The van der Waals surface area contributed by atoms with Crippen molar-refractivity contribution in [2.45, 2.75) is 32.6 Å². The van der Waals surface area contributed by atoms with Crippen LogP contribution in [0.15, 0.2) is 24.3 Å². The average molecular weight is 270 g/mol. The SMILES string of the molecule is C=C(CCCOC(=O)C(=C)CCCOCC)C(=O)O. The zero-order valence-corrected chi connectivity index (χ0v) is 11.4. The van der Waals surface area contributed by atoms with Gasteiger partial charge in [0.15, 0.2) is 0 Å². The second-order valence-corrected chi connectivity index (χ2v) is 4.05. The summed E-state index contributed by atoms with van der Waals surface area (Å²) in [6.45, 7) is 10.4. The average Bonchev–Trinajstić information content (AvgIpc) is 2.38. The lowest BCUT2D eigenvalue weighted by Gasteiger charge is -2.07. The van der Waals surface area contributed by atoms with E-state index in [4.69, 9.17) is 14.6 Å². The quantitative estimate of drug-likeness (QED) is 0.354. The Hall–Kier alpha value is -1.62. The Morgan fingerprint density at radius 3 is 2.21 bits per heavy atom. The van der Waals surface area contributed by atoms with Gasteiger partial charge in [0.05, 0.1) is 6.61 Å². The normalized spacial score (nSPS) is 9.95. The minimum Gasteiger partial charge on any atom is -0.478 e. The molecule has 0 unspecified atom stereocenters. The number of carboxylic acids is 1. The number of esters is 1. The number of carbonyl (C=O) groups excluding carboxylic acids is 1. The Morgan fingerprint density at radius 2 is 1.63 bits per heavy atom. The van der Waals surface area contributed by atoms with Gasteiger partial charge in [-0.3, -0.25) is 0 Å². The number of aliphatic carboxylic acids is 1. The Labute approximate surface area is 113 Å². The van der Waals surface area contributed by atoms with Crippen LogP contribution < -0.4 is 0 Å². The summed E-state index contributed by atoms with van der Waals surface area (Å²) >= 11 is 0. The van der Waals surface area contributed by atoms with Gasteiger partial charge in [0.25, 0.3) is 0 Å². The minimum absolute atomic E-state index is 0.117. The highest BCUT2D eigenvalue weighted by Gasteiger charge is 2.09. The van der Waals surface area contributed by atoms with Gasteiger partial charge < -0.3 is 14.6 Å². The summed E-state index contributed by atoms with van der Waals surface area (Å²) in [4.78, 5) is 22.0. The second-order valence-electron chi connectivity index (χ2n) is 4.05. The first-order valence-corrected chi connectivity index (χ1v) is 6.32. The molecule has 0 atom stereocenters. The van der Waals surface area contributed by atoms with E-state index in [1.165, 1.54) is 0 Å². The van der Waals surface area contributed by atoms with Crippen LogP contribution in [0.3, 0.4) is 0 Å². The number of carboxylic acid groups (broad SMARTS) is 1. The van der Waals surface area contributed by atoms with Crippen LogP contribution in [0, 0.1) is 0 Å². The summed E-state index contributed by atoms with van der Waals surface area (Å²) in [6.07, 6.45) is 2.03. The molecule has 0 bridgehead atoms. The van der Waals surface area contributed by atoms with Crippen LogP contribution in [-0.4, -0.2) is 36.9 Å². The van der Waals surface area contributed by atoms with E-state index in [-0.39, 0.29) is 12.2 Å². The van der Waals surface area contributed by atoms with Crippen molar-refractivity contribution in [3.05, 3.63) is 24.3 Å². The third kappa shape index (κ3) is 9.02. The van der Waals surface area contributed by atoms with Crippen LogP contribution in [0.4, 0.5) is 0 Å². The predicted octanol–water partition coefficient (Wildman–Crippen LogP) is 2.32. The van der Waals surface area contributed by atoms with Gasteiger partial charge in [-0.2, -0.15) is 0 Å². The lowest BCUT2D eigenvalue weighted by molar-refractivity contribution is -0.139. The van der Waals surface area contributed by atoms with Crippen molar-refractivity contribution in [1.29, 1.82) is 0 Å². The van der Waals surface area contributed by atoms with Gasteiger partial charge in [-0.1, -0.05) is 13.2 Å². The number of rotatable bonds is 11. The van der Waals surface area contributed by atoms with Crippen molar-refractivity contribution in [3.63, 3.8) is 0 Å². The monoisotopic (exact) mass is 270 g/mol. The number of hydrogen-bond acceptors (Lipinski definition) is 4. The van der Waals surface area contributed by atoms with Crippen molar-refractivity contribution in [2.75, 3.05) is 19.8 Å². The van der Waals surface area contributed by atoms with Crippen LogP contribution in [-0.2, 0) is 19.1 Å². The van der Waals surface area contributed by atoms with Gasteiger partial charge in [-0.25, -0.2) is 9.59 Å². The van der Waals surface area contributed by atoms with Crippen LogP contribution in [0.1, 0.15) is 32.6 Å². The predicted molar refractivity (Wildman–Crippen MR) is 71.8 cm³/mol. The molecule has 108 valence electrons. The molecule has 0 saturated carbocycles. The van der Waals surface area contributed by atoms with E-state index in [2.05, 4.69) is 13.2 Å². The highest BCUT2D eigenvalue weighted by molar-refractivity contribution is 5.87. The van der Waals surface area contributed by atoms with Crippen LogP contribution in [0.2, 0.25) is 0 Å². The molecule has 0 fully saturated rings. The third-order valence-electron chi connectivity index (χ3n) is 2.42. The van der Waals surface area contributed by atoms with E-state index in [9.17, 15) is 9.59 Å². The molecule has 5 nitrogen and oxygen atoms in total. The van der Waals surface area contributed by atoms with E-state index in [1.807, 2.05) is 6.92 Å². The van der Waals surface area contributed by atoms with Gasteiger partial charge in [0.1, 0.15) is 0 Å². The first-order chi connectivity index (χ1) is 8.99. The highest BCUT2D eigenvalue weighted by Crippen LogP contribution is 2.07. The van der Waals surface area contributed by atoms with Gasteiger partial charge in [-0.15, -0.1) is 0 Å². The molecule has 0 aliphatic carbocycles. The molecule has 5 heteroatoms. The largest absolute Gasteiger partial charge is 0.478 e. The molecule has 0 aliphatic heterocycles. The van der Waals surface area contributed by atoms with Crippen molar-refractivity contribution in [2.24, 2.45) is 0 Å². The van der Waals surface area contributed by atoms with Gasteiger partial charge >= 0.3 is 11.9 Å². The number of carbonyl (C=O) groups is 2. The standard InChI is InChI=1S/C14H22O5/c1-4-18-9-5-8-12(3)14(17)19-10-6-7-11(2)13(15)16/h2-10H2,1H3,(H,15,16). The maximum atomic E-state index is 11.5. The van der Waals surface area contributed by atoms with Gasteiger partial charge in [0, 0.05) is 24.4 Å². The molecular weight excluding hydrogens is 248 g/mol. The van der Waals surface area contributed by atoms with Crippen LogP contribution in [0.5, 0.6) is 0 Å². The molecular formula is C14H22O5. The summed E-state index contributed by atoms with van der Waals surface area (Å²) < 4.78 is 10.1.